The number of carbonyl (C=O) groups excluding carboxylic acids is 4. The van der Waals surface area contributed by atoms with Gasteiger partial charge in [-0.05, 0) is 42.6 Å². The van der Waals surface area contributed by atoms with Crippen molar-refractivity contribution in [1.29, 1.82) is 0 Å². The summed E-state index contributed by atoms with van der Waals surface area (Å²) in [5, 5.41) is 4.55. The molecule has 0 bridgehead atoms. The number of nitrogens with zero attached hydrogens (tertiary/aromatic N) is 2. The van der Waals surface area contributed by atoms with Crippen LogP contribution in [0.2, 0.25) is 0 Å². The zero-order valence-corrected chi connectivity index (χ0v) is 24.7. The van der Waals surface area contributed by atoms with E-state index in [-0.39, 0.29) is 29.8 Å². The Bertz CT molecular complexity index is 1820. The lowest BCUT2D eigenvalue weighted by Crippen LogP contribution is -2.41. The van der Waals surface area contributed by atoms with Gasteiger partial charge in [-0.3, -0.25) is 23.7 Å². The maximum Gasteiger partial charge on any atom is 0.338 e. The Kier molecular flexibility index (Phi) is 7.02. The number of anilines is 2. The van der Waals surface area contributed by atoms with Gasteiger partial charge in [0.1, 0.15) is 11.8 Å². The number of thioether (sulfide) groups is 1. The third-order valence-corrected chi connectivity index (χ3v) is 10.5. The molecule has 2 aliphatic heterocycles. The predicted molar refractivity (Wildman–Crippen MR) is 162 cm³/mol. The first-order valence-corrected chi connectivity index (χ1v) is 15.1. The van der Waals surface area contributed by atoms with Crippen molar-refractivity contribution in [3.05, 3.63) is 86.8 Å². The molecule has 1 fully saturated rings. The first-order valence-electron chi connectivity index (χ1n) is 13.4. The standard InChI is InChI=1S/C31H27N3O6S2/c1-4-40-29(38)18-12-14-19(15-13-18)34-26(36)23-24(27(34)37)41-28-25(31(23,2)3)42-30(39)33(28)16-22(35)32-21-11-7-9-17-8-5-6-10-20(17)21/h5-15,23-24H,4,16H2,1-3H3,(H,32,35). The normalized spacial score (nSPS) is 19.0. The van der Waals surface area contributed by atoms with E-state index in [9.17, 15) is 24.0 Å². The number of nitrogens with one attached hydrogen (secondary N) is 1. The molecule has 42 heavy (non-hydrogen) atoms. The van der Waals surface area contributed by atoms with E-state index < -0.39 is 28.5 Å². The summed E-state index contributed by atoms with van der Waals surface area (Å²) in [6, 6.07) is 19.5. The number of fused-ring (bicyclic) bond motifs is 3. The molecule has 1 aromatic heterocycles. The van der Waals surface area contributed by atoms with Crippen molar-refractivity contribution in [3.63, 3.8) is 0 Å². The van der Waals surface area contributed by atoms with Gasteiger partial charge in [0, 0.05) is 21.4 Å². The topological polar surface area (TPSA) is 115 Å². The second-order valence-corrected chi connectivity index (χ2v) is 12.8. The van der Waals surface area contributed by atoms with Crippen LogP contribution in [0.1, 0.15) is 36.0 Å². The Morgan fingerprint density at radius 2 is 1.67 bits per heavy atom. The van der Waals surface area contributed by atoms with Crippen molar-refractivity contribution in [3.8, 4) is 0 Å². The van der Waals surface area contributed by atoms with Gasteiger partial charge in [-0.1, -0.05) is 73.3 Å². The molecular weight excluding hydrogens is 574 g/mol. The summed E-state index contributed by atoms with van der Waals surface area (Å²) in [4.78, 5) is 67.4. The number of hydrogen-bond donors (Lipinski definition) is 1. The van der Waals surface area contributed by atoms with Gasteiger partial charge in [-0.15, -0.1) is 0 Å². The summed E-state index contributed by atoms with van der Waals surface area (Å²) in [7, 11) is 0. The molecule has 2 unspecified atom stereocenters. The van der Waals surface area contributed by atoms with E-state index in [1.54, 1.807) is 19.1 Å². The van der Waals surface area contributed by atoms with Gasteiger partial charge in [-0.25, -0.2) is 9.69 Å². The Morgan fingerprint density at radius 3 is 2.40 bits per heavy atom. The van der Waals surface area contributed by atoms with Gasteiger partial charge in [0.05, 0.1) is 28.8 Å². The molecule has 2 atom stereocenters. The lowest BCUT2D eigenvalue weighted by Gasteiger charge is -2.36. The molecule has 3 aromatic carbocycles. The third-order valence-electron chi connectivity index (χ3n) is 7.71. The molecule has 214 valence electrons. The smallest absolute Gasteiger partial charge is 0.338 e. The summed E-state index contributed by atoms with van der Waals surface area (Å²) in [5.41, 5.74) is 0.488. The first-order chi connectivity index (χ1) is 20.1. The quantitative estimate of drug-likeness (QED) is 0.249. The number of esters is 1. The molecule has 3 amide bonds. The van der Waals surface area contributed by atoms with Gasteiger partial charge < -0.3 is 10.1 Å². The third kappa shape index (κ3) is 4.53. The number of thiazole rings is 1. The molecular formula is C31H27N3O6S2. The van der Waals surface area contributed by atoms with Gasteiger partial charge in [-0.2, -0.15) is 0 Å². The van der Waals surface area contributed by atoms with E-state index in [0.717, 1.165) is 38.8 Å². The Labute approximate surface area is 249 Å². The van der Waals surface area contributed by atoms with E-state index >= 15 is 0 Å². The molecule has 2 aliphatic rings. The monoisotopic (exact) mass is 601 g/mol. The number of aromatic nitrogens is 1. The highest BCUT2D eigenvalue weighted by Gasteiger charge is 2.59. The fourth-order valence-corrected chi connectivity index (χ4v) is 8.69. The highest BCUT2D eigenvalue weighted by atomic mass is 32.2. The Balaban J connectivity index is 1.28. The maximum absolute atomic E-state index is 13.7. The van der Waals surface area contributed by atoms with Crippen LogP contribution in [0.25, 0.3) is 10.8 Å². The average molecular weight is 602 g/mol. The first kappa shape index (κ1) is 27.9. The minimum atomic E-state index is -0.835. The van der Waals surface area contributed by atoms with E-state index in [1.165, 1.54) is 16.7 Å². The summed E-state index contributed by atoms with van der Waals surface area (Å²) in [5.74, 6) is -2.32. The second kappa shape index (κ2) is 10.6. The van der Waals surface area contributed by atoms with Gasteiger partial charge in [0.2, 0.25) is 17.7 Å². The Hall–Kier alpha value is -4.22. The van der Waals surface area contributed by atoms with E-state index in [2.05, 4.69) is 5.32 Å². The van der Waals surface area contributed by atoms with Crippen LogP contribution in [0.4, 0.5) is 11.4 Å². The van der Waals surface area contributed by atoms with Crippen molar-refractivity contribution >= 4 is 68.9 Å². The molecule has 0 spiro atoms. The number of amides is 3. The summed E-state index contributed by atoms with van der Waals surface area (Å²) < 4.78 is 6.42. The molecule has 3 heterocycles. The molecule has 6 rings (SSSR count). The van der Waals surface area contributed by atoms with Gasteiger partial charge in [0.15, 0.2) is 0 Å². The molecule has 1 N–H and O–H groups in total. The lowest BCUT2D eigenvalue weighted by atomic mass is 9.76. The van der Waals surface area contributed by atoms with E-state index in [0.29, 0.717) is 26.8 Å². The van der Waals surface area contributed by atoms with Crippen molar-refractivity contribution in [1.82, 2.24) is 4.57 Å². The summed E-state index contributed by atoms with van der Waals surface area (Å²) in [6.07, 6.45) is 0. The zero-order valence-electron chi connectivity index (χ0n) is 23.1. The summed E-state index contributed by atoms with van der Waals surface area (Å²) >= 11 is 2.17. The number of imide groups is 1. The van der Waals surface area contributed by atoms with Gasteiger partial charge >= 0.3 is 10.8 Å². The fraction of sp³-hybridized carbons (Fsp3) is 0.258. The fourth-order valence-electron chi connectivity index (χ4n) is 5.65. The molecule has 0 radical (unpaired) electrons. The Morgan fingerprint density at radius 1 is 0.952 bits per heavy atom. The van der Waals surface area contributed by atoms with Crippen LogP contribution >= 0.6 is 23.1 Å². The number of carbonyl (C=O) groups is 4. The zero-order chi connectivity index (χ0) is 29.8. The van der Waals surface area contributed by atoms with Crippen LogP contribution in [0, 0.1) is 5.92 Å². The van der Waals surface area contributed by atoms with Crippen LogP contribution in [0.15, 0.2) is 76.6 Å². The average Bonchev–Trinajstić information content (AvgIpc) is 3.42. The molecule has 9 nitrogen and oxygen atoms in total. The van der Waals surface area contributed by atoms with Crippen LogP contribution < -0.4 is 15.1 Å². The van der Waals surface area contributed by atoms with E-state index in [4.69, 9.17) is 4.74 Å². The molecule has 0 saturated carbocycles. The maximum atomic E-state index is 13.7. The minimum Gasteiger partial charge on any atom is -0.462 e. The molecule has 0 aliphatic carbocycles. The van der Waals surface area contributed by atoms with Crippen molar-refractivity contribution in [2.75, 3.05) is 16.8 Å². The predicted octanol–water partition coefficient (Wildman–Crippen LogP) is 4.82. The van der Waals surface area contributed by atoms with Crippen LogP contribution in [-0.2, 0) is 31.1 Å². The number of rotatable bonds is 6. The summed E-state index contributed by atoms with van der Waals surface area (Å²) in [6.45, 7) is 5.44. The number of benzene rings is 3. The SMILES string of the molecule is CCOC(=O)c1ccc(N2C(=O)C3Sc4c(sc(=O)n4CC(=O)Nc4cccc5ccccc45)C(C)(C)C3C2=O)cc1. The van der Waals surface area contributed by atoms with Crippen LogP contribution in [-0.4, -0.2) is 40.1 Å². The highest BCUT2D eigenvalue weighted by molar-refractivity contribution is 8.00. The molecule has 1 saturated heterocycles. The van der Waals surface area contributed by atoms with Crippen molar-refractivity contribution < 1.29 is 23.9 Å². The van der Waals surface area contributed by atoms with Crippen molar-refractivity contribution in [2.24, 2.45) is 5.92 Å². The minimum absolute atomic E-state index is 0.227. The van der Waals surface area contributed by atoms with Crippen LogP contribution in [0.3, 0.4) is 0 Å². The molecule has 11 heteroatoms. The number of hydrogen-bond acceptors (Lipinski definition) is 8. The second-order valence-electron chi connectivity index (χ2n) is 10.7. The van der Waals surface area contributed by atoms with E-state index in [1.807, 2.05) is 56.3 Å². The largest absolute Gasteiger partial charge is 0.462 e. The van der Waals surface area contributed by atoms with Crippen molar-refractivity contribution in [2.45, 2.75) is 43.0 Å². The lowest BCUT2D eigenvalue weighted by molar-refractivity contribution is -0.123. The molecule has 4 aromatic rings. The van der Waals surface area contributed by atoms with Gasteiger partial charge in [0.25, 0.3) is 0 Å². The number of ether oxygens (including phenoxy) is 1. The van der Waals surface area contributed by atoms with Crippen LogP contribution in [0.5, 0.6) is 0 Å². The highest BCUT2D eigenvalue weighted by Crippen LogP contribution is 2.54.